The van der Waals surface area contributed by atoms with Crippen molar-refractivity contribution in [1.29, 1.82) is 0 Å². The summed E-state index contributed by atoms with van der Waals surface area (Å²) in [6.07, 6.45) is 4.52. The molecular formula is C30H26NNaO5. The number of carbonyl (C=O) groups excluding carboxylic acids is 1. The maximum atomic E-state index is 11.9. The second kappa shape index (κ2) is 11.9. The van der Waals surface area contributed by atoms with Gasteiger partial charge in [-0.25, -0.2) is 4.98 Å². The summed E-state index contributed by atoms with van der Waals surface area (Å²) in [6.45, 7) is -0.528. The fraction of sp³-hybridized carbons (Fsp3) is 0.200. The fourth-order valence-corrected chi connectivity index (χ4v) is 4.67. The third kappa shape index (κ3) is 6.22. The summed E-state index contributed by atoms with van der Waals surface area (Å²) in [6, 6.07) is 26.8. The molecule has 3 aromatic carbocycles. The Labute approximate surface area is 237 Å². The van der Waals surface area contributed by atoms with E-state index in [-0.39, 0.29) is 29.6 Å². The standard InChI is InChI=1S/C30H27NO5.Na/c32-26(33)20-35-24-15-9-10-21(18-24)19-30(34)17-8-7-16-25(30)29-31-27(22-11-3-1-4-12-22)28(36-29)23-13-5-2-6-14-23;/h1-6,9-16,18,34H,7-8,17,19-20H2,(H,32,33);/q;+1/p-1. The van der Waals surface area contributed by atoms with Gasteiger partial charge >= 0.3 is 29.6 Å². The summed E-state index contributed by atoms with van der Waals surface area (Å²) in [4.78, 5) is 15.7. The number of nitrogens with zero attached hydrogens (tertiary/aromatic N) is 1. The molecule has 4 aromatic rings. The van der Waals surface area contributed by atoms with Gasteiger partial charge in [0.1, 0.15) is 18.1 Å². The number of allylic oxidation sites excluding steroid dienone is 1. The van der Waals surface area contributed by atoms with Gasteiger partial charge in [0.2, 0.25) is 5.89 Å². The van der Waals surface area contributed by atoms with Crippen LogP contribution < -0.4 is 39.4 Å². The van der Waals surface area contributed by atoms with E-state index in [0.29, 0.717) is 35.8 Å². The number of rotatable bonds is 8. The van der Waals surface area contributed by atoms with Gasteiger partial charge in [-0.15, -0.1) is 0 Å². The third-order valence-electron chi connectivity index (χ3n) is 6.34. The number of hydrogen-bond acceptors (Lipinski definition) is 6. The maximum Gasteiger partial charge on any atom is 1.00 e. The van der Waals surface area contributed by atoms with Crippen LogP contribution in [0.3, 0.4) is 0 Å². The van der Waals surface area contributed by atoms with Gasteiger partial charge in [0.15, 0.2) is 5.76 Å². The van der Waals surface area contributed by atoms with Gasteiger partial charge in [-0.2, -0.15) is 0 Å². The first-order valence-corrected chi connectivity index (χ1v) is 12.0. The molecule has 7 heteroatoms. The van der Waals surface area contributed by atoms with Crippen LogP contribution in [0.15, 0.2) is 95.4 Å². The number of aliphatic carboxylic acids is 1. The Morgan fingerprint density at radius 2 is 1.70 bits per heavy atom. The van der Waals surface area contributed by atoms with Gasteiger partial charge in [-0.3, -0.25) is 0 Å². The van der Waals surface area contributed by atoms with Crippen LogP contribution in [0.5, 0.6) is 5.75 Å². The molecule has 1 atom stereocenters. The Kier molecular flexibility index (Phi) is 8.67. The van der Waals surface area contributed by atoms with Crippen molar-refractivity contribution in [3.63, 3.8) is 0 Å². The molecule has 1 aliphatic rings. The summed E-state index contributed by atoms with van der Waals surface area (Å²) >= 11 is 0. The van der Waals surface area contributed by atoms with E-state index in [2.05, 4.69) is 0 Å². The summed E-state index contributed by atoms with van der Waals surface area (Å²) in [5.74, 6) is 0.182. The molecule has 1 aromatic heterocycles. The van der Waals surface area contributed by atoms with E-state index in [0.717, 1.165) is 35.2 Å². The number of carboxylic acid groups (broad SMARTS) is 1. The Morgan fingerprint density at radius 3 is 2.41 bits per heavy atom. The van der Waals surface area contributed by atoms with Gasteiger partial charge in [0.05, 0.1) is 11.6 Å². The molecule has 0 aliphatic heterocycles. The molecule has 1 heterocycles. The van der Waals surface area contributed by atoms with E-state index in [1.165, 1.54) is 0 Å². The fourth-order valence-electron chi connectivity index (χ4n) is 4.67. The maximum absolute atomic E-state index is 11.9. The number of benzene rings is 3. The topological polar surface area (TPSA) is 95.6 Å². The summed E-state index contributed by atoms with van der Waals surface area (Å²) < 4.78 is 11.6. The molecule has 5 rings (SSSR count). The van der Waals surface area contributed by atoms with E-state index >= 15 is 0 Å². The molecule has 0 spiro atoms. The second-order valence-electron chi connectivity index (χ2n) is 8.96. The zero-order chi connectivity index (χ0) is 25.0. The molecule has 0 saturated carbocycles. The first-order valence-electron chi connectivity index (χ1n) is 12.0. The van der Waals surface area contributed by atoms with E-state index in [1.54, 1.807) is 18.2 Å². The molecule has 0 fully saturated rings. The van der Waals surface area contributed by atoms with Crippen LogP contribution >= 0.6 is 0 Å². The minimum atomic E-state index is -1.29. The van der Waals surface area contributed by atoms with Crippen molar-refractivity contribution >= 4 is 11.5 Å². The minimum Gasteiger partial charge on any atom is -0.546 e. The number of aliphatic hydroxyl groups is 1. The van der Waals surface area contributed by atoms with Gasteiger partial charge in [-0.05, 0) is 37.0 Å². The van der Waals surface area contributed by atoms with Crippen LogP contribution in [-0.2, 0) is 11.2 Å². The SMILES string of the molecule is O=C([O-])COc1cccc(CC2(O)CCCC=C2c2nc(-c3ccccc3)c(-c3ccccc3)o2)c1.[Na+]. The molecule has 182 valence electrons. The van der Waals surface area contributed by atoms with Crippen molar-refractivity contribution in [2.75, 3.05) is 6.61 Å². The van der Waals surface area contributed by atoms with Crippen molar-refractivity contribution in [3.8, 4) is 28.3 Å². The predicted octanol–water partition coefficient (Wildman–Crippen LogP) is 1.68. The smallest absolute Gasteiger partial charge is 0.546 e. The Morgan fingerprint density at radius 1 is 1.00 bits per heavy atom. The number of oxazole rings is 1. The van der Waals surface area contributed by atoms with E-state index in [1.807, 2.05) is 72.8 Å². The monoisotopic (exact) mass is 503 g/mol. The summed E-state index contributed by atoms with van der Waals surface area (Å²) in [5.41, 5.74) is 2.85. The number of ether oxygens (including phenoxy) is 1. The molecule has 37 heavy (non-hydrogen) atoms. The van der Waals surface area contributed by atoms with Crippen molar-refractivity contribution < 1.29 is 53.7 Å². The van der Waals surface area contributed by atoms with Crippen molar-refractivity contribution in [2.24, 2.45) is 0 Å². The normalized spacial score (nSPS) is 16.9. The van der Waals surface area contributed by atoms with Crippen LogP contribution in [0.4, 0.5) is 0 Å². The molecule has 6 nitrogen and oxygen atoms in total. The minimum absolute atomic E-state index is 0. The van der Waals surface area contributed by atoms with E-state index in [4.69, 9.17) is 14.1 Å². The number of hydrogen-bond donors (Lipinski definition) is 1. The molecular weight excluding hydrogens is 477 g/mol. The summed E-state index contributed by atoms with van der Waals surface area (Å²) in [5, 5.41) is 22.6. The molecule has 0 saturated heterocycles. The average molecular weight is 504 g/mol. The van der Waals surface area contributed by atoms with Gasteiger partial charge in [0, 0.05) is 23.1 Å². The van der Waals surface area contributed by atoms with Crippen LogP contribution in [-0.4, -0.2) is 28.3 Å². The molecule has 1 N–H and O–H groups in total. The number of aromatic nitrogens is 1. The summed E-state index contributed by atoms with van der Waals surface area (Å²) in [7, 11) is 0. The first-order chi connectivity index (χ1) is 17.5. The largest absolute Gasteiger partial charge is 1.00 e. The van der Waals surface area contributed by atoms with Crippen molar-refractivity contribution in [2.45, 2.75) is 31.3 Å². The van der Waals surface area contributed by atoms with Gasteiger partial charge in [0.25, 0.3) is 0 Å². The van der Waals surface area contributed by atoms with Crippen molar-refractivity contribution in [3.05, 3.63) is 102 Å². The number of carbonyl (C=O) groups is 1. The second-order valence-corrected chi connectivity index (χ2v) is 8.96. The van der Waals surface area contributed by atoms with Gasteiger partial charge in [-0.1, -0.05) is 78.9 Å². The zero-order valence-corrected chi connectivity index (χ0v) is 22.7. The van der Waals surface area contributed by atoms with E-state index in [9.17, 15) is 15.0 Å². The Bertz CT molecular complexity index is 1330. The third-order valence-corrected chi connectivity index (χ3v) is 6.34. The van der Waals surface area contributed by atoms with Crippen LogP contribution in [0.25, 0.3) is 28.2 Å². The van der Waals surface area contributed by atoms with Gasteiger partial charge < -0.3 is 24.2 Å². The van der Waals surface area contributed by atoms with Crippen LogP contribution in [0.2, 0.25) is 0 Å². The van der Waals surface area contributed by atoms with Crippen molar-refractivity contribution in [1.82, 2.24) is 4.98 Å². The first kappa shape index (κ1) is 26.9. The average Bonchev–Trinajstić information content (AvgIpc) is 3.34. The molecule has 1 unspecified atom stereocenters. The molecule has 0 radical (unpaired) electrons. The Hall–Kier alpha value is -3.16. The molecule has 1 aliphatic carbocycles. The zero-order valence-electron chi connectivity index (χ0n) is 20.7. The van der Waals surface area contributed by atoms with E-state index < -0.39 is 18.2 Å². The molecule has 0 bridgehead atoms. The quantitative estimate of drug-likeness (QED) is 0.368. The Balaban J connectivity index is 0.00000320. The van der Waals surface area contributed by atoms with Crippen LogP contribution in [0.1, 0.15) is 30.7 Å². The predicted molar refractivity (Wildman–Crippen MR) is 135 cm³/mol. The molecule has 0 amide bonds. The van der Waals surface area contributed by atoms with Crippen LogP contribution in [0, 0.1) is 0 Å². The number of carboxylic acids is 1.